The Kier molecular flexibility index (Phi) is 9.57. The van der Waals surface area contributed by atoms with Gasteiger partial charge in [0.25, 0.3) is 0 Å². The first kappa shape index (κ1) is 23.7. The number of hydrogen-bond donors (Lipinski definition) is 1. The Labute approximate surface area is 176 Å². The average molecular weight is 461 g/mol. The van der Waals surface area contributed by atoms with Crippen molar-refractivity contribution in [3.8, 4) is 11.5 Å². The highest BCUT2D eigenvalue weighted by molar-refractivity contribution is 9.10. The van der Waals surface area contributed by atoms with Crippen LogP contribution in [0.4, 0.5) is 4.39 Å². The second kappa shape index (κ2) is 10.9. The zero-order chi connectivity index (χ0) is 19.2. The van der Waals surface area contributed by atoms with Crippen molar-refractivity contribution in [2.75, 3.05) is 6.61 Å². The summed E-state index contributed by atoms with van der Waals surface area (Å²) in [5.74, 6) is 0.974. The minimum Gasteiger partial charge on any atom is -0.490 e. The molecule has 2 aromatic rings. The predicted molar refractivity (Wildman–Crippen MR) is 115 cm³/mol. The highest BCUT2D eigenvalue weighted by atomic mass is 79.9. The Bertz CT molecular complexity index is 740. The minimum atomic E-state index is -0.274. The van der Waals surface area contributed by atoms with Crippen molar-refractivity contribution >= 4 is 28.3 Å². The molecule has 0 radical (unpaired) electrons. The number of halogens is 3. The Morgan fingerprint density at radius 1 is 1.11 bits per heavy atom. The van der Waals surface area contributed by atoms with E-state index in [2.05, 4.69) is 42.0 Å². The van der Waals surface area contributed by atoms with Crippen LogP contribution in [0.15, 0.2) is 40.9 Å². The maximum absolute atomic E-state index is 13.8. The summed E-state index contributed by atoms with van der Waals surface area (Å²) in [4.78, 5) is 0. The monoisotopic (exact) mass is 459 g/mol. The van der Waals surface area contributed by atoms with Crippen LogP contribution in [0.1, 0.15) is 45.2 Å². The molecule has 0 saturated carbocycles. The van der Waals surface area contributed by atoms with E-state index in [9.17, 15) is 4.39 Å². The summed E-state index contributed by atoms with van der Waals surface area (Å²) in [6, 6.07) is 10.6. The van der Waals surface area contributed by atoms with Crippen LogP contribution < -0.4 is 14.8 Å². The molecule has 0 atom stereocenters. The standard InChI is InChI=1S/C21H27BrFNO2.ClH/c1-5-21(3,4)24-13-15-11-17(22)20(19(12-15)25-6-2)26-14-16-9-7-8-10-18(16)23;/h7-12,24H,5-6,13-14H2,1-4H3;1H. The van der Waals surface area contributed by atoms with E-state index >= 15 is 0 Å². The SMILES string of the molecule is CCOc1cc(CNC(C)(C)CC)cc(Br)c1OCc1ccccc1F.Cl. The van der Waals surface area contributed by atoms with Crippen LogP contribution in [-0.2, 0) is 13.2 Å². The van der Waals surface area contributed by atoms with Crippen LogP contribution >= 0.6 is 28.3 Å². The second-order valence-electron chi connectivity index (χ2n) is 6.81. The molecule has 0 fully saturated rings. The van der Waals surface area contributed by atoms with Gasteiger partial charge in [-0.1, -0.05) is 25.1 Å². The normalized spacial score (nSPS) is 11.0. The molecule has 1 N–H and O–H groups in total. The molecule has 2 rings (SSSR count). The summed E-state index contributed by atoms with van der Waals surface area (Å²) in [6.45, 7) is 9.85. The number of rotatable bonds is 9. The van der Waals surface area contributed by atoms with Gasteiger partial charge in [0.2, 0.25) is 0 Å². The minimum absolute atomic E-state index is 0. The van der Waals surface area contributed by atoms with E-state index in [-0.39, 0.29) is 30.4 Å². The van der Waals surface area contributed by atoms with Gasteiger partial charge in [0.1, 0.15) is 12.4 Å². The van der Waals surface area contributed by atoms with Gasteiger partial charge < -0.3 is 14.8 Å². The molecule has 0 bridgehead atoms. The highest BCUT2D eigenvalue weighted by Crippen LogP contribution is 2.37. The van der Waals surface area contributed by atoms with Gasteiger partial charge >= 0.3 is 0 Å². The summed E-state index contributed by atoms with van der Waals surface area (Å²) in [6.07, 6.45) is 1.04. The number of ether oxygens (including phenoxy) is 2. The molecule has 27 heavy (non-hydrogen) atoms. The van der Waals surface area contributed by atoms with Crippen molar-refractivity contribution in [3.05, 3.63) is 57.8 Å². The zero-order valence-corrected chi connectivity index (χ0v) is 18.7. The molecule has 0 aromatic heterocycles. The van der Waals surface area contributed by atoms with Gasteiger partial charge in [-0.05, 0) is 66.9 Å². The molecule has 0 aliphatic rings. The third-order valence-corrected chi connectivity index (χ3v) is 4.94. The van der Waals surface area contributed by atoms with Crippen LogP contribution in [0.5, 0.6) is 11.5 Å². The summed E-state index contributed by atoms with van der Waals surface area (Å²) < 4.78 is 26.3. The molecule has 0 aliphatic heterocycles. The molecule has 0 spiro atoms. The van der Waals surface area contributed by atoms with Crippen LogP contribution in [0, 0.1) is 5.82 Å². The fourth-order valence-electron chi connectivity index (χ4n) is 2.36. The third-order valence-electron chi connectivity index (χ3n) is 4.35. The van der Waals surface area contributed by atoms with Gasteiger partial charge in [-0.25, -0.2) is 4.39 Å². The molecule has 3 nitrogen and oxygen atoms in total. The first-order chi connectivity index (χ1) is 12.4. The van der Waals surface area contributed by atoms with E-state index in [0.717, 1.165) is 23.0 Å². The van der Waals surface area contributed by atoms with Crippen LogP contribution in [0.3, 0.4) is 0 Å². The molecular formula is C21H28BrClFNO2. The highest BCUT2D eigenvalue weighted by Gasteiger charge is 2.17. The van der Waals surface area contributed by atoms with Gasteiger partial charge in [-0.2, -0.15) is 0 Å². The Morgan fingerprint density at radius 3 is 2.44 bits per heavy atom. The van der Waals surface area contributed by atoms with Crippen molar-refractivity contribution in [2.24, 2.45) is 0 Å². The molecule has 2 aromatic carbocycles. The lowest BCUT2D eigenvalue weighted by atomic mass is 10.0. The smallest absolute Gasteiger partial charge is 0.175 e. The number of benzene rings is 2. The van der Waals surface area contributed by atoms with Gasteiger partial charge in [-0.3, -0.25) is 0 Å². The van der Waals surface area contributed by atoms with Gasteiger partial charge in [0.15, 0.2) is 11.5 Å². The molecule has 0 saturated heterocycles. The topological polar surface area (TPSA) is 30.5 Å². The van der Waals surface area contributed by atoms with E-state index in [1.165, 1.54) is 6.07 Å². The molecule has 0 unspecified atom stereocenters. The van der Waals surface area contributed by atoms with Crippen LogP contribution in [0.2, 0.25) is 0 Å². The maximum atomic E-state index is 13.8. The van der Waals surface area contributed by atoms with Crippen LogP contribution in [-0.4, -0.2) is 12.1 Å². The van der Waals surface area contributed by atoms with E-state index in [4.69, 9.17) is 9.47 Å². The van der Waals surface area contributed by atoms with Gasteiger partial charge in [-0.15, -0.1) is 12.4 Å². The fourth-order valence-corrected chi connectivity index (χ4v) is 2.96. The summed E-state index contributed by atoms with van der Waals surface area (Å²) in [7, 11) is 0. The fraction of sp³-hybridized carbons (Fsp3) is 0.429. The van der Waals surface area contributed by atoms with Crippen molar-refractivity contribution < 1.29 is 13.9 Å². The first-order valence-electron chi connectivity index (χ1n) is 8.92. The lowest BCUT2D eigenvalue weighted by molar-refractivity contribution is 0.263. The van der Waals surface area contributed by atoms with E-state index in [0.29, 0.717) is 23.7 Å². The molecule has 150 valence electrons. The third kappa shape index (κ3) is 6.98. The van der Waals surface area contributed by atoms with Gasteiger partial charge in [0, 0.05) is 17.6 Å². The number of hydrogen-bond acceptors (Lipinski definition) is 3. The first-order valence-corrected chi connectivity index (χ1v) is 9.72. The second-order valence-corrected chi connectivity index (χ2v) is 7.66. The summed E-state index contributed by atoms with van der Waals surface area (Å²) >= 11 is 3.57. The average Bonchev–Trinajstić information content (AvgIpc) is 2.61. The van der Waals surface area contributed by atoms with Gasteiger partial charge in [0.05, 0.1) is 11.1 Å². The van der Waals surface area contributed by atoms with Crippen molar-refractivity contribution in [1.82, 2.24) is 5.32 Å². The lowest BCUT2D eigenvalue weighted by Crippen LogP contribution is -2.37. The number of nitrogens with one attached hydrogen (secondary N) is 1. The van der Waals surface area contributed by atoms with E-state index < -0.39 is 0 Å². The summed E-state index contributed by atoms with van der Waals surface area (Å²) in [5, 5.41) is 3.54. The maximum Gasteiger partial charge on any atom is 0.175 e. The van der Waals surface area contributed by atoms with Crippen molar-refractivity contribution in [2.45, 2.75) is 52.8 Å². The van der Waals surface area contributed by atoms with E-state index in [1.54, 1.807) is 18.2 Å². The quantitative estimate of drug-likeness (QED) is 0.478. The largest absolute Gasteiger partial charge is 0.490 e. The van der Waals surface area contributed by atoms with Crippen molar-refractivity contribution in [1.29, 1.82) is 0 Å². The van der Waals surface area contributed by atoms with Crippen LogP contribution in [0.25, 0.3) is 0 Å². The Balaban J connectivity index is 0.00000364. The molecule has 0 heterocycles. The Hall–Kier alpha value is -1.30. The molecular weight excluding hydrogens is 433 g/mol. The summed E-state index contributed by atoms with van der Waals surface area (Å²) in [5.41, 5.74) is 1.68. The molecule has 0 aliphatic carbocycles. The lowest BCUT2D eigenvalue weighted by Gasteiger charge is -2.25. The predicted octanol–water partition coefficient (Wildman–Crippen LogP) is 6.27. The van der Waals surface area contributed by atoms with Crippen molar-refractivity contribution in [3.63, 3.8) is 0 Å². The van der Waals surface area contributed by atoms with E-state index in [1.807, 2.05) is 19.1 Å². The molecule has 0 amide bonds. The zero-order valence-electron chi connectivity index (χ0n) is 16.3. The Morgan fingerprint density at radius 2 is 1.81 bits per heavy atom. The molecule has 6 heteroatoms.